The quantitative estimate of drug-likeness (QED) is 0.573. The molecule has 29 heavy (non-hydrogen) atoms. The summed E-state index contributed by atoms with van der Waals surface area (Å²) in [5, 5.41) is 12.1. The molecule has 1 aliphatic rings. The summed E-state index contributed by atoms with van der Waals surface area (Å²) in [6.07, 6.45) is -7.50. The first kappa shape index (κ1) is 21.6. The van der Waals surface area contributed by atoms with Gasteiger partial charge in [0, 0.05) is 21.8 Å². The van der Waals surface area contributed by atoms with Crippen LogP contribution >= 0.6 is 35.4 Å². The van der Waals surface area contributed by atoms with Gasteiger partial charge in [0.2, 0.25) is 0 Å². The van der Waals surface area contributed by atoms with E-state index in [9.17, 15) is 18.0 Å². The normalized spacial score (nSPS) is 19.1. The van der Waals surface area contributed by atoms with Gasteiger partial charge in [-0.15, -0.1) is 13.2 Å². The van der Waals surface area contributed by atoms with Gasteiger partial charge in [-0.1, -0.05) is 47.6 Å². The maximum absolute atomic E-state index is 12.7. The average molecular weight is 466 g/mol. The van der Waals surface area contributed by atoms with Crippen molar-refractivity contribution in [3.63, 3.8) is 0 Å². The number of benzene rings is 2. The van der Waals surface area contributed by atoms with Crippen LogP contribution in [0.5, 0.6) is 5.75 Å². The van der Waals surface area contributed by atoms with E-state index in [2.05, 4.69) is 10.1 Å². The highest BCUT2D eigenvalue weighted by Crippen LogP contribution is 2.43. The summed E-state index contributed by atoms with van der Waals surface area (Å²) in [6.45, 7) is 0. The minimum absolute atomic E-state index is 0.109. The molecule has 0 saturated carbocycles. The Morgan fingerprint density at radius 1 is 1.24 bits per heavy atom. The zero-order chi connectivity index (χ0) is 21.3. The number of carboxylic acids is 1. The maximum atomic E-state index is 12.7. The van der Waals surface area contributed by atoms with Gasteiger partial charge in [-0.05, 0) is 24.3 Å². The van der Waals surface area contributed by atoms with Gasteiger partial charge < -0.3 is 19.9 Å². The molecule has 0 fully saturated rings. The molecule has 1 aliphatic heterocycles. The minimum atomic E-state index is -4.94. The molecule has 0 saturated heterocycles. The molecule has 0 spiro atoms. The Kier molecular flexibility index (Phi) is 6.23. The number of thiocarbonyl (C=S) groups is 1. The number of alkyl halides is 3. The van der Waals surface area contributed by atoms with Gasteiger partial charge in [0.05, 0.1) is 11.4 Å². The molecule has 11 heteroatoms. The zero-order valence-electron chi connectivity index (χ0n) is 14.3. The molecular weight excluding hydrogens is 454 g/mol. The first-order valence-corrected chi connectivity index (χ1v) is 9.23. The van der Waals surface area contributed by atoms with E-state index in [1.165, 1.54) is 18.2 Å². The molecule has 154 valence electrons. The van der Waals surface area contributed by atoms with E-state index >= 15 is 0 Å². The molecule has 0 bridgehead atoms. The van der Waals surface area contributed by atoms with Crippen molar-refractivity contribution in [2.75, 3.05) is 5.32 Å². The first-order valence-electron chi connectivity index (χ1n) is 8.07. The van der Waals surface area contributed by atoms with Crippen LogP contribution < -0.4 is 10.1 Å². The Labute approximate surface area is 178 Å². The standard InChI is InChI=1S/C18H12Cl2F3NO4S/c19-8-4-5-11-10(6-8)16(27-13(7-14(25)26)17(29)24-11)9-2-1-3-12(15(9)20)28-18(21,22)23/h1-6,13,16H,7H2,(H,24,29)(H,25,26)/t13-,16-/m1/s1. The Hall–Kier alpha value is -2.07. The lowest BCUT2D eigenvalue weighted by atomic mass is 9.99. The number of anilines is 1. The molecule has 1 heterocycles. The Morgan fingerprint density at radius 3 is 2.62 bits per heavy atom. The number of aliphatic carboxylic acids is 1. The van der Waals surface area contributed by atoms with Crippen molar-refractivity contribution in [1.29, 1.82) is 0 Å². The Balaban J connectivity index is 2.12. The summed E-state index contributed by atoms with van der Waals surface area (Å²) in [5.41, 5.74) is 1.04. The third-order valence-corrected chi connectivity index (χ3v) is 5.01. The lowest BCUT2D eigenvalue weighted by molar-refractivity contribution is -0.274. The number of rotatable bonds is 4. The topological polar surface area (TPSA) is 67.8 Å². The summed E-state index contributed by atoms with van der Waals surface area (Å²) in [6, 6.07) is 8.55. The number of fused-ring (bicyclic) bond motifs is 1. The first-order chi connectivity index (χ1) is 13.5. The number of nitrogens with one attached hydrogen (secondary N) is 1. The van der Waals surface area contributed by atoms with Crippen LogP contribution in [0.25, 0.3) is 0 Å². The van der Waals surface area contributed by atoms with Crippen molar-refractivity contribution in [3.8, 4) is 5.75 Å². The zero-order valence-corrected chi connectivity index (χ0v) is 16.6. The van der Waals surface area contributed by atoms with Crippen LogP contribution in [0.4, 0.5) is 18.9 Å². The highest BCUT2D eigenvalue weighted by molar-refractivity contribution is 7.80. The predicted molar refractivity (Wildman–Crippen MR) is 105 cm³/mol. The smallest absolute Gasteiger partial charge is 0.481 e. The second-order valence-corrected chi connectivity index (χ2v) is 7.28. The van der Waals surface area contributed by atoms with Crippen LogP contribution in [-0.4, -0.2) is 28.5 Å². The van der Waals surface area contributed by atoms with Crippen LogP contribution in [0.3, 0.4) is 0 Å². The number of halogens is 5. The second kappa shape index (κ2) is 8.35. The van der Waals surface area contributed by atoms with E-state index in [0.717, 1.165) is 6.07 Å². The molecule has 2 N–H and O–H groups in total. The minimum Gasteiger partial charge on any atom is -0.481 e. The van der Waals surface area contributed by atoms with E-state index in [0.29, 0.717) is 16.3 Å². The van der Waals surface area contributed by atoms with Crippen molar-refractivity contribution in [1.82, 2.24) is 0 Å². The summed E-state index contributed by atoms with van der Waals surface area (Å²) in [7, 11) is 0. The molecule has 0 aliphatic carbocycles. The van der Waals surface area contributed by atoms with E-state index in [4.69, 9.17) is 45.3 Å². The van der Waals surface area contributed by atoms with Crippen LogP contribution in [0.1, 0.15) is 23.7 Å². The Bertz CT molecular complexity index is 971. The molecule has 0 aromatic heterocycles. The SMILES string of the molecule is O=C(O)C[C@H]1O[C@H](c2cccc(OC(F)(F)F)c2Cl)c2cc(Cl)ccc2NC1=S. The predicted octanol–water partition coefficient (Wildman–Crippen LogP) is 5.59. The van der Waals surface area contributed by atoms with E-state index < -0.39 is 36.7 Å². The number of ether oxygens (including phenoxy) is 2. The molecule has 3 rings (SSSR count). The maximum Gasteiger partial charge on any atom is 0.573 e. The highest BCUT2D eigenvalue weighted by Gasteiger charge is 2.35. The molecule has 2 aromatic carbocycles. The largest absolute Gasteiger partial charge is 0.573 e. The highest BCUT2D eigenvalue weighted by atomic mass is 35.5. The van der Waals surface area contributed by atoms with Crippen molar-refractivity contribution >= 4 is 52.1 Å². The molecule has 0 amide bonds. The molecule has 0 radical (unpaired) electrons. The van der Waals surface area contributed by atoms with Crippen molar-refractivity contribution in [2.45, 2.75) is 25.0 Å². The summed E-state index contributed by atoms with van der Waals surface area (Å²) in [4.78, 5) is 11.3. The van der Waals surface area contributed by atoms with E-state index in [1.54, 1.807) is 12.1 Å². The van der Waals surface area contributed by atoms with Gasteiger partial charge in [0.1, 0.15) is 22.9 Å². The number of hydrogen-bond donors (Lipinski definition) is 2. The van der Waals surface area contributed by atoms with Crippen molar-refractivity contribution < 1.29 is 32.5 Å². The molecule has 2 aromatic rings. The third-order valence-electron chi connectivity index (χ3n) is 4.01. The van der Waals surface area contributed by atoms with Gasteiger partial charge in [-0.25, -0.2) is 0 Å². The fourth-order valence-corrected chi connectivity index (χ4v) is 3.54. The van der Waals surface area contributed by atoms with Crippen LogP contribution in [0.2, 0.25) is 10.0 Å². The number of carbonyl (C=O) groups is 1. The van der Waals surface area contributed by atoms with Crippen LogP contribution in [0, 0.1) is 0 Å². The summed E-state index contributed by atoms with van der Waals surface area (Å²) < 4.78 is 47.9. The monoisotopic (exact) mass is 465 g/mol. The van der Waals surface area contributed by atoms with Gasteiger partial charge in [-0.3, -0.25) is 4.79 Å². The molecular formula is C18H12Cl2F3NO4S. The molecule has 2 atom stereocenters. The number of carboxylic acid groups (broad SMARTS) is 1. The van der Waals surface area contributed by atoms with Crippen molar-refractivity contribution in [2.24, 2.45) is 0 Å². The van der Waals surface area contributed by atoms with E-state index in [-0.39, 0.29) is 15.6 Å². The van der Waals surface area contributed by atoms with Gasteiger partial charge in [0.15, 0.2) is 0 Å². The molecule has 0 unspecified atom stereocenters. The number of hydrogen-bond acceptors (Lipinski definition) is 4. The lowest BCUT2D eigenvalue weighted by Gasteiger charge is -2.23. The fraction of sp³-hybridized carbons (Fsp3) is 0.222. The van der Waals surface area contributed by atoms with Crippen molar-refractivity contribution in [3.05, 3.63) is 57.6 Å². The van der Waals surface area contributed by atoms with Gasteiger partial charge in [0.25, 0.3) is 0 Å². The second-order valence-electron chi connectivity index (χ2n) is 6.03. The van der Waals surface area contributed by atoms with E-state index in [1.807, 2.05) is 0 Å². The van der Waals surface area contributed by atoms with Gasteiger partial charge in [-0.2, -0.15) is 0 Å². The van der Waals surface area contributed by atoms with Crippen LogP contribution in [0.15, 0.2) is 36.4 Å². The van der Waals surface area contributed by atoms with Gasteiger partial charge >= 0.3 is 12.3 Å². The fourth-order valence-electron chi connectivity index (χ4n) is 2.85. The van der Waals surface area contributed by atoms with Crippen LogP contribution in [-0.2, 0) is 9.53 Å². The average Bonchev–Trinajstić information content (AvgIpc) is 2.73. The summed E-state index contributed by atoms with van der Waals surface area (Å²) in [5.74, 6) is -1.78. The third kappa shape index (κ3) is 5.11. The lowest BCUT2D eigenvalue weighted by Crippen LogP contribution is -2.30. The summed E-state index contributed by atoms with van der Waals surface area (Å²) >= 11 is 17.5. The Morgan fingerprint density at radius 2 is 1.97 bits per heavy atom. The molecule has 5 nitrogen and oxygen atoms in total.